The molecule has 0 aliphatic carbocycles. The molecule has 0 atom stereocenters. The Morgan fingerprint density at radius 2 is 1.71 bits per heavy atom. The second kappa shape index (κ2) is 6.00. The minimum Gasteiger partial charge on any atom is -0.481 e. The molecule has 0 bridgehead atoms. The van der Waals surface area contributed by atoms with E-state index in [1.54, 1.807) is 27.7 Å². The smallest absolute Gasteiger partial charge is 0.311 e. The molecule has 0 rings (SSSR count). The van der Waals surface area contributed by atoms with Crippen LogP contribution in [0.4, 0.5) is 0 Å². The van der Waals surface area contributed by atoms with Crippen LogP contribution in [0.25, 0.3) is 0 Å². The predicted octanol–water partition coefficient (Wildman–Crippen LogP) is 0.992. The van der Waals surface area contributed by atoms with E-state index in [0.717, 1.165) is 6.54 Å². The van der Waals surface area contributed by atoms with Crippen molar-refractivity contribution in [2.75, 3.05) is 13.1 Å². The lowest BCUT2D eigenvalue weighted by molar-refractivity contribution is -0.151. The summed E-state index contributed by atoms with van der Waals surface area (Å²) in [5.74, 6) is -1.06. The summed E-state index contributed by atoms with van der Waals surface area (Å²) in [4.78, 5) is 22.8. The molecule has 17 heavy (non-hydrogen) atoms. The SMILES string of the molecule is CCNCCC(=O)NC(C)(C)C(C)(C)C(=O)O. The third-order valence-electron chi connectivity index (χ3n) is 3.33. The topological polar surface area (TPSA) is 78.4 Å². The molecule has 0 aromatic heterocycles. The van der Waals surface area contributed by atoms with Crippen molar-refractivity contribution >= 4 is 11.9 Å². The van der Waals surface area contributed by atoms with Crippen molar-refractivity contribution in [1.82, 2.24) is 10.6 Å². The van der Waals surface area contributed by atoms with E-state index in [1.165, 1.54) is 0 Å². The second-order valence-electron chi connectivity index (χ2n) is 5.21. The average Bonchev–Trinajstić information content (AvgIpc) is 2.16. The van der Waals surface area contributed by atoms with Crippen LogP contribution in [0.2, 0.25) is 0 Å². The van der Waals surface area contributed by atoms with Crippen molar-refractivity contribution in [3.63, 3.8) is 0 Å². The summed E-state index contributed by atoms with van der Waals surface area (Å²) in [5, 5.41) is 15.0. The number of carbonyl (C=O) groups excluding carboxylic acids is 1. The first kappa shape index (κ1) is 15.9. The van der Waals surface area contributed by atoms with E-state index in [0.29, 0.717) is 13.0 Å². The summed E-state index contributed by atoms with van der Waals surface area (Å²) in [6.07, 6.45) is 0.354. The van der Waals surface area contributed by atoms with Gasteiger partial charge in [0.25, 0.3) is 0 Å². The molecule has 100 valence electrons. The normalized spacial score (nSPS) is 12.3. The Balaban J connectivity index is 4.44. The molecule has 0 saturated carbocycles. The highest BCUT2D eigenvalue weighted by Gasteiger charge is 2.44. The molecule has 0 aromatic rings. The predicted molar refractivity (Wildman–Crippen MR) is 66.8 cm³/mol. The molecule has 0 aliphatic rings. The van der Waals surface area contributed by atoms with Crippen LogP contribution >= 0.6 is 0 Å². The van der Waals surface area contributed by atoms with Gasteiger partial charge in [0, 0.05) is 18.5 Å². The van der Waals surface area contributed by atoms with Crippen molar-refractivity contribution in [2.45, 2.75) is 46.6 Å². The van der Waals surface area contributed by atoms with Crippen LogP contribution in [-0.2, 0) is 9.59 Å². The van der Waals surface area contributed by atoms with E-state index in [1.807, 2.05) is 6.92 Å². The summed E-state index contributed by atoms with van der Waals surface area (Å²) in [5.41, 5.74) is -1.80. The van der Waals surface area contributed by atoms with Gasteiger partial charge in [-0.3, -0.25) is 9.59 Å². The van der Waals surface area contributed by atoms with E-state index in [2.05, 4.69) is 10.6 Å². The zero-order chi connectivity index (χ0) is 13.7. The highest BCUT2D eigenvalue weighted by atomic mass is 16.4. The van der Waals surface area contributed by atoms with E-state index in [9.17, 15) is 9.59 Å². The van der Waals surface area contributed by atoms with Gasteiger partial charge >= 0.3 is 5.97 Å². The first-order chi connectivity index (χ1) is 7.65. The molecular formula is C12H24N2O3. The van der Waals surface area contributed by atoms with Crippen LogP contribution in [0, 0.1) is 5.41 Å². The second-order valence-corrected chi connectivity index (χ2v) is 5.21. The maximum atomic E-state index is 11.7. The van der Waals surface area contributed by atoms with Gasteiger partial charge in [-0.2, -0.15) is 0 Å². The Morgan fingerprint density at radius 3 is 2.12 bits per heavy atom. The molecule has 1 amide bonds. The molecule has 0 fully saturated rings. The first-order valence-corrected chi connectivity index (χ1v) is 5.90. The fourth-order valence-electron chi connectivity index (χ4n) is 1.21. The fraction of sp³-hybridized carbons (Fsp3) is 0.833. The maximum absolute atomic E-state index is 11.7. The third kappa shape index (κ3) is 4.34. The third-order valence-corrected chi connectivity index (χ3v) is 3.33. The number of rotatable bonds is 7. The van der Waals surface area contributed by atoms with Gasteiger partial charge in [0.2, 0.25) is 5.91 Å². The fourth-order valence-corrected chi connectivity index (χ4v) is 1.21. The monoisotopic (exact) mass is 244 g/mol. The molecule has 5 heteroatoms. The highest BCUT2D eigenvalue weighted by Crippen LogP contribution is 2.30. The minimum absolute atomic E-state index is 0.134. The molecule has 0 unspecified atom stereocenters. The van der Waals surface area contributed by atoms with Crippen molar-refractivity contribution in [1.29, 1.82) is 0 Å². The van der Waals surface area contributed by atoms with Crippen molar-refractivity contribution in [3.05, 3.63) is 0 Å². The zero-order valence-electron chi connectivity index (χ0n) is 11.4. The Bertz CT molecular complexity index is 285. The molecule has 5 nitrogen and oxygen atoms in total. The van der Waals surface area contributed by atoms with Crippen molar-refractivity contribution in [3.8, 4) is 0 Å². The van der Waals surface area contributed by atoms with Gasteiger partial charge in [-0.25, -0.2) is 0 Å². The lowest BCUT2D eigenvalue weighted by Gasteiger charge is -2.38. The van der Waals surface area contributed by atoms with Gasteiger partial charge in [-0.05, 0) is 34.2 Å². The Morgan fingerprint density at radius 1 is 1.18 bits per heavy atom. The average molecular weight is 244 g/mol. The lowest BCUT2D eigenvalue weighted by Crippen LogP contribution is -2.57. The summed E-state index contributed by atoms with van der Waals surface area (Å²) in [6.45, 7) is 10.1. The largest absolute Gasteiger partial charge is 0.481 e. The molecule has 3 N–H and O–H groups in total. The summed E-state index contributed by atoms with van der Waals surface area (Å²) < 4.78 is 0. The van der Waals surface area contributed by atoms with Crippen LogP contribution in [0.15, 0.2) is 0 Å². The zero-order valence-corrected chi connectivity index (χ0v) is 11.4. The van der Waals surface area contributed by atoms with Gasteiger partial charge in [0.05, 0.1) is 5.41 Å². The standard InChI is InChI=1S/C12H24N2O3/c1-6-13-8-7-9(15)14-12(4,5)11(2,3)10(16)17/h13H,6-8H2,1-5H3,(H,14,15)(H,16,17). The number of amides is 1. The van der Waals surface area contributed by atoms with Crippen LogP contribution in [0.1, 0.15) is 41.0 Å². The lowest BCUT2D eigenvalue weighted by atomic mass is 9.74. The van der Waals surface area contributed by atoms with Gasteiger partial charge in [0.1, 0.15) is 0 Å². The maximum Gasteiger partial charge on any atom is 0.311 e. The number of nitrogens with one attached hydrogen (secondary N) is 2. The molecule has 0 spiro atoms. The van der Waals surface area contributed by atoms with E-state index in [-0.39, 0.29) is 5.91 Å². The van der Waals surface area contributed by atoms with Crippen LogP contribution < -0.4 is 10.6 Å². The highest BCUT2D eigenvalue weighted by molar-refractivity contribution is 5.80. The van der Waals surface area contributed by atoms with Crippen LogP contribution in [0.3, 0.4) is 0 Å². The molecule has 0 radical (unpaired) electrons. The van der Waals surface area contributed by atoms with Gasteiger partial charge in [-0.15, -0.1) is 0 Å². The first-order valence-electron chi connectivity index (χ1n) is 5.90. The quantitative estimate of drug-likeness (QED) is 0.584. The van der Waals surface area contributed by atoms with Gasteiger partial charge in [-0.1, -0.05) is 6.92 Å². The number of aliphatic carboxylic acids is 1. The molecule has 0 aromatic carbocycles. The van der Waals surface area contributed by atoms with Gasteiger partial charge < -0.3 is 15.7 Å². The molecule has 0 saturated heterocycles. The Labute approximate surface area is 103 Å². The van der Waals surface area contributed by atoms with Crippen molar-refractivity contribution < 1.29 is 14.7 Å². The van der Waals surface area contributed by atoms with E-state index >= 15 is 0 Å². The van der Waals surface area contributed by atoms with Gasteiger partial charge in [0.15, 0.2) is 0 Å². The number of carbonyl (C=O) groups is 2. The summed E-state index contributed by atoms with van der Waals surface area (Å²) in [7, 11) is 0. The summed E-state index contributed by atoms with van der Waals surface area (Å²) in [6, 6.07) is 0. The summed E-state index contributed by atoms with van der Waals surface area (Å²) >= 11 is 0. The number of hydrogen-bond acceptors (Lipinski definition) is 3. The molecule has 0 aliphatic heterocycles. The minimum atomic E-state index is -1.01. The molecular weight excluding hydrogens is 220 g/mol. The van der Waals surface area contributed by atoms with Crippen LogP contribution in [0.5, 0.6) is 0 Å². The van der Waals surface area contributed by atoms with Crippen molar-refractivity contribution in [2.24, 2.45) is 5.41 Å². The number of hydrogen-bond donors (Lipinski definition) is 3. The molecule has 0 heterocycles. The van der Waals surface area contributed by atoms with E-state index < -0.39 is 16.9 Å². The number of carboxylic acid groups (broad SMARTS) is 1. The number of carboxylic acids is 1. The van der Waals surface area contributed by atoms with Crippen LogP contribution in [-0.4, -0.2) is 35.6 Å². The Hall–Kier alpha value is -1.10. The Kier molecular flexibility index (Phi) is 5.61. The van der Waals surface area contributed by atoms with E-state index in [4.69, 9.17) is 5.11 Å².